The van der Waals surface area contributed by atoms with Crippen LogP contribution in [0, 0.1) is 0 Å². The third kappa shape index (κ3) is 2.82. The van der Waals surface area contributed by atoms with Gasteiger partial charge in [0.25, 0.3) is 0 Å². The van der Waals surface area contributed by atoms with Crippen LogP contribution in [0.25, 0.3) is 10.8 Å². The molecular formula is C17H22N2O2. The number of hydrogen-bond donors (Lipinski definition) is 1. The van der Waals surface area contributed by atoms with Crippen LogP contribution in [0.15, 0.2) is 30.3 Å². The fourth-order valence-corrected chi connectivity index (χ4v) is 3.00. The summed E-state index contributed by atoms with van der Waals surface area (Å²) in [6, 6.07) is 10.4. The van der Waals surface area contributed by atoms with Gasteiger partial charge in [-0.1, -0.05) is 24.3 Å². The predicted octanol–water partition coefficient (Wildman–Crippen LogP) is 2.26. The Morgan fingerprint density at radius 3 is 2.52 bits per heavy atom. The highest BCUT2D eigenvalue weighted by Crippen LogP contribution is 2.35. The Hall–Kier alpha value is -1.78. The molecule has 4 nitrogen and oxygen atoms in total. The lowest BCUT2D eigenvalue weighted by Gasteiger charge is -2.28. The van der Waals surface area contributed by atoms with E-state index in [4.69, 9.17) is 9.47 Å². The summed E-state index contributed by atoms with van der Waals surface area (Å²) < 4.78 is 11.1. The molecule has 1 N–H and O–H groups in total. The monoisotopic (exact) mass is 286 g/mol. The maximum absolute atomic E-state index is 5.70. The molecule has 112 valence electrons. The van der Waals surface area contributed by atoms with Crippen LogP contribution >= 0.6 is 0 Å². The Morgan fingerprint density at radius 1 is 1.00 bits per heavy atom. The van der Waals surface area contributed by atoms with Gasteiger partial charge in [-0.2, -0.15) is 0 Å². The van der Waals surface area contributed by atoms with E-state index in [0.717, 1.165) is 55.0 Å². The van der Waals surface area contributed by atoms with Gasteiger partial charge in [-0.3, -0.25) is 4.90 Å². The Kier molecular flexibility index (Phi) is 4.27. The summed E-state index contributed by atoms with van der Waals surface area (Å²) in [5.74, 6) is 1.85. The fourth-order valence-electron chi connectivity index (χ4n) is 3.00. The molecule has 1 fully saturated rings. The summed E-state index contributed by atoms with van der Waals surface area (Å²) in [6.07, 6.45) is 0. The number of nitrogens with zero attached hydrogens (tertiary/aromatic N) is 1. The number of nitrogens with one attached hydrogen (secondary N) is 1. The van der Waals surface area contributed by atoms with Crippen LogP contribution in [0.1, 0.15) is 5.56 Å². The normalized spacial score (nSPS) is 16.1. The van der Waals surface area contributed by atoms with Crippen molar-refractivity contribution in [3.8, 4) is 11.5 Å². The maximum atomic E-state index is 5.70. The summed E-state index contributed by atoms with van der Waals surface area (Å²) in [7, 11) is 3.45. The lowest BCUT2D eigenvalue weighted by molar-refractivity contribution is 0.230. The quantitative estimate of drug-likeness (QED) is 0.935. The minimum Gasteiger partial charge on any atom is -0.496 e. The number of rotatable bonds is 4. The summed E-state index contributed by atoms with van der Waals surface area (Å²) >= 11 is 0. The number of methoxy groups -OCH3 is 2. The Labute approximate surface area is 125 Å². The first kappa shape index (κ1) is 14.2. The molecule has 4 heteroatoms. The van der Waals surface area contributed by atoms with Gasteiger partial charge in [0.2, 0.25) is 0 Å². The van der Waals surface area contributed by atoms with E-state index >= 15 is 0 Å². The zero-order valence-corrected chi connectivity index (χ0v) is 12.7. The molecule has 0 aliphatic carbocycles. The van der Waals surface area contributed by atoms with Crippen molar-refractivity contribution >= 4 is 10.8 Å². The van der Waals surface area contributed by atoms with Crippen molar-refractivity contribution in [1.82, 2.24) is 10.2 Å². The average molecular weight is 286 g/mol. The lowest BCUT2D eigenvalue weighted by atomic mass is 10.0. The van der Waals surface area contributed by atoms with Crippen LogP contribution in [0.4, 0.5) is 0 Å². The highest BCUT2D eigenvalue weighted by molar-refractivity contribution is 5.94. The molecule has 0 unspecified atom stereocenters. The largest absolute Gasteiger partial charge is 0.496 e. The molecular weight excluding hydrogens is 264 g/mol. The molecule has 0 saturated carbocycles. The van der Waals surface area contributed by atoms with Gasteiger partial charge in [0.1, 0.15) is 11.5 Å². The molecule has 3 rings (SSSR count). The molecule has 1 aliphatic heterocycles. The van der Waals surface area contributed by atoms with Gasteiger partial charge >= 0.3 is 0 Å². The van der Waals surface area contributed by atoms with Crippen molar-refractivity contribution < 1.29 is 9.47 Å². The van der Waals surface area contributed by atoms with E-state index in [1.807, 2.05) is 12.1 Å². The van der Waals surface area contributed by atoms with Gasteiger partial charge in [-0.05, 0) is 6.07 Å². The summed E-state index contributed by atoms with van der Waals surface area (Å²) in [5.41, 5.74) is 1.24. The minimum absolute atomic E-state index is 0.888. The summed E-state index contributed by atoms with van der Waals surface area (Å²) in [5, 5.41) is 5.60. The summed E-state index contributed by atoms with van der Waals surface area (Å²) in [6.45, 7) is 5.21. The van der Waals surface area contributed by atoms with Crippen LogP contribution in [-0.4, -0.2) is 45.3 Å². The zero-order chi connectivity index (χ0) is 14.7. The van der Waals surface area contributed by atoms with E-state index in [0.29, 0.717) is 0 Å². The van der Waals surface area contributed by atoms with Gasteiger partial charge in [0.05, 0.1) is 14.2 Å². The zero-order valence-electron chi connectivity index (χ0n) is 12.7. The van der Waals surface area contributed by atoms with Gasteiger partial charge in [-0.15, -0.1) is 0 Å². The summed E-state index contributed by atoms with van der Waals surface area (Å²) in [4.78, 5) is 2.46. The molecule has 0 radical (unpaired) electrons. The molecule has 1 heterocycles. The van der Waals surface area contributed by atoms with Crippen molar-refractivity contribution in [3.63, 3.8) is 0 Å². The van der Waals surface area contributed by atoms with Crippen LogP contribution in [-0.2, 0) is 6.54 Å². The van der Waals surface area contributed by atoms with Gasteiger partial charge < -0.3 is 14.8 Å². The van der Waals surface area contributed by atoms with Crippen molar-refractivity contribution in [2.45, 2.75) is 6.54 Å². The smallest absolute Gasteiger partial charge is 0.131 e. The van der Waals surface area contributed by atoms with Crippen molar-refractivity contribution in [2.75, 3.05) is 40.4 Å². The van der Waals surface area contributed by atoms with E-state index in [-0.39, 0.29) is 0 Å². The highest BCUT2D eigenvalue weighted by Gasteiger charge is 2.15. The van der Waals surface area contributed by atoms with Crippen molar-refractivity contribution in [1.29, 1.82) is 0 Å². The van der Waals surface area contributed by atoms with Crippen molar-refractivity contribution in [3.05, 3.63) is 35.9 Å². The number of hydrogen-bond acceptors (Lipinski definition) is 4. The second-order valence-electron chi connectivity index (χ2n) is 5.34. The van der Waals surface area contributed by atoms with E-state index in [1.54, 1.807) is 14.2 Å². The fraction of sp³-hybridized carbons (Fsp3) is 0.412. The van der Waals surface area contributed by atoms with E-state index in [9.17, 15) is 0 Å². The molecule has 0 aromatic heterocycles. The number of fused-ring (bicyclic) bond motifs is 1. The van der Waals surface area contributed by atoms with E-state index < -0.39 is 0 Å². The van der Waals surface area contributed by atoms with Gasteiger partial charge in [0, 0.05) is 49.1 Å². The number of ether oxygens (including phenoxy) is 2. The Morgan fingerprint density at radius 2 is 1.81 bits per heavy atom. The molecule has 1 saturated heterocycles. The van der Waals surface area contributed by atoms with E-state index in [1.165, 1.54) is 5.56 Å². The average Bonchev–Trinajstić information content (AvgIpc) is 2.55. The first-order valence-corrected chi connectivity index (χ1v) is 7.39. The maximum Gasteiger partial charge on any atom is 0.131 e. The minimum atomic E-state index is 0.888. The molecule has 0 atom stereocenters. The lowest BCUT2D eigenvalue weighted by Crippen LogP contribution is -2.42. The van der Waals surface area contributed by atoms with Crippen LogP contribution in [0.5, 0.6) is 11.5 Å². The van der Waals surface area contributed by atoms with E-state index in [2.05, 4.69) is 28.4 Å². The second kappa shape index (κ2) is 6.33. The van der Waals surface area contributed by atoms with Crippen molar-refractivity contribution in [2.24, 2.45) is 0 Å². The SMILES string of the molecule is COc1cccc2c(OC)c(CN3CCNCC3)ccc12. The highest BCUT2D eigenvalue weighted by atomic mass is 16.5. The molecule has 0 spiro atoms. The standard InChI is InChI=1S/C17H22N2O2/c1-20-16-5-3-4-15-14(16)7-6-13(17(15)21-2)12-19-10-8-18-9-11-19/h3-7,18H,8-12H2,1-2H3. The third-order valence-electron chi connectivity index (χ3n) is 4.08. The number of piperazine rings is 1. The molecule has 0 amide bonds. The third-order valence-corrected chi connectivity index (χ3v) is 4.08. The van der Waals surface area contributed by atoms with Gasteiger partial charge in [-0.25, -0.2) is 0 Å². The first-order valence-electron chi connectivity index (χ1n) is 7.39. The Bertz CT molecular complexity index is 621. The van der Waals surface area contributed by atoms with Crippen LogP contribution in [0.2, 0.25) is 0 Å². The van der Waals surface area contributed by atoms with Gasteiger partial charge in [0.15, 0.2) is 0 Å². The molecule has 2 aromatic rings. The number of benzene rings is 2. The molecule has 1 aliphatic rings. The van der Waals surface area contributed by atoms with Crippen LogP contribution in [0.3, 0.4) is 0 Å². The predicted molar refractivity (Wildman–Crippen MR) is 85.2 cm³/mol. The molecule has 21 heavy (non-hydrogen) atoms. The van der Waals surface area contributed by atoms with Crippen LogP contribution < -0.4 is 14.8 Å². The topological polar surface area (TPSA) is 33.7 Å². The second-order valence-corrected chi connectivity index (χ2v) is 5.34. The molecule has 0 bridgehead atoms. The first-order chi connectivity index (χ1) is 10.3. The Balaban J connectivity index is 1.99. The molecule has 2 aromatic carbocycles.